The van der Waals surface area contributed by atoms with Crippen molar-refractivity contribution in [2.75, 3.05) is 5.32 Å². The van der Waals surface area contributed by atoms with Gasteiger partial charge in [0.25, 0.3) is 5.91 Å². The maximum absolute atomic E-state index is 12.2. The fourth-order valence-corrected chi connectivity index (χ4v) is 2.76. The van der Waals surface area contributed by atoms with Crippen LogP contribution in [0.1, 0.15) is 10.4 Å². The molecule has 2 aromatic carbocycles. The highest BCUT2D eigenvalue weighted by Crippen LogP contribution is 2.23. The molecule has 0 unspecified atom stereocenters. The number of hydrogen-bond donors (Lipinski definition) is 1. The molecule has 94 valence electrons. The molecule has 0 atom stereocenters. The first-order valence-corrected chi connectivity index (χ1v) is 7.05. The Morgan fingerprint density at radius 3 is 2.79 bits per heavy atom. The molecule has 0 aliphatic rings. The number of anilines is 1. The molecule has 1 heterocycles. The molecule has 0 fully saturated rings. The minimum Gasteiger partial charge on any atom is -0.320 e. The zero-order valence-corrected chi connectivity index (χ0v) is 12.0. The van der Waals surface area contributed by atoms with Gasteiger partial charge in [-0.2, -0.15) is 8.75 Å². The van der Waals surface area contributed by atoms with Crippen LogP contribution in [0.4, 0.5) is 5.69 Å². The first-order chi connectivity index (χ1) is 9.25. The van der Waals surface area contributed by atoms with Gasteiger partial charge in [0.05, 0.1) is 23.0 Å². The predicted octanol–water partition coefficient (Wildman–Crippen LogP) is 3.71. The fourth-order valence-electron chi connectivity index (χ4n) is 1.74. The lowest BCUT2D eigenvalue weighted by molar-refractivity contribution is 0.102. The normalized spacial score (nSPS) is 10.6. The van der Waals surface area contributed by atoms with Gasteiger partial charge in [-0.05, 0) is 40.2 Å². The second-order valence-corrected chi connectivity index (χ2v) is 5.25. The maximum atomic E-state index is 12.2. The molecule has 0 aliphatic heterocycles. The second kappa shape index (κ2) is 5.07. The summed E-state index contributed by atoms with van der Waals surface area (Å²) in [5.74, 6) is -0.173. The lowest BCUT2D eigenvalue weighted by Crippen LogP contribution is -2.12. The van der Waals surface area contributed by atoms with Gasteiger partial charge < -0.3 is 5.32 Å². The number of nitrogens with zero attached hydrogens (tertiary/aromatic N) is 2. The Bertz CT molecular complexity index is 756. The van der Waals surface area contributed by atoms with Crippen molar-refractivity contribution in [1.82, 2.24) is 8.75 Å². The lowest BCUT2D eigenvalue weighted by Gasteiger charge is -2.06. The number of nitrogens with one attached hydrogen (secondary N) is 1. The van der Waals surface area contributed by atoms with Gasteiger partial charge in [0.2, 0.25) is 0 Å². The topological polar surface area (TPSA) is 54.9 Å². The standard InChI is InChI=1S/C13H8BrN3OS/c14-9-5-2-1-4-8(9)13(18)15-10-6-3-7-11-12(10)17-19-16-11/h1-7H,(H,15,18). The molecule has 0 radical (unpaired) electrons. The zero-order chi connectivity index (χ0) is 13.2. The molecule has 1 amide bonds. The Hall–Kier alpha value is -1.79. The van der Waals surface area contributed by atoms with Crippen LogP contribution >= 0.6 is 27.7 Å². The number of rotatable bonds is 2. The molecule has 3 aromatic rings. The number of amides is 1. The van der Waals surface area contributed by atoms with E-state index in [1.165, 1.54) is 0 Å². The van der Waals surface area contributed by atoms with Crippen molar-refractivity contribution < 1.29 is 4.79 Å². The molecule has 1 aromatic heterocycles. The Labute approximate surface area is 121 Å². The van der Waals surface area contributed by atoms with E-state index in [0.29, 0.717) is 16.8 Å². The number of carbonyl (C=O) groups is 1. The third-order valence-electron chi connectivity index (χ3n) is 2.65. The Kier molecular flexibility index (Phi) is 3.27. The number of halogens is 1. The summed E-state index contributed by atoms with van der Waals surface area (Å²) in [4.78, 5) is 12.2. The van der Waals surface area contributed by atoms with Crippen LogP contribution in [0.15, 0.2) is 46.9 Å². The molecular weight excluding hydrogens is 326 g/mol. The average Bonchev–Trinajstić information content (AvgIpc) is 2.88. The van der Waals surface area contributed by atoms with Gasteiger partial charge in [-0.15, -0.1) is 0 Å². The smallest absolute Gasteiger partial charge is 0.256 e. The third kappa shape index (κ3) is 2.36. The van der Waals surface area contributed by atoms with Gasteiger partial charge in [0, 0.05) is 4.47 Å². The number of fused-ring (bicyclic) bond motifs is 1. The fraction of sp³-hybridized carbons (Fsp3) is 0. The number of hydrogen-bond acceptors (Lipinski definition) is 4. The van der Waals surface area contributed by atoms with Crippen molar-refractivity contribution in [3.8, 4) is 0 Å². The van der Waals surface area contributed by atoms with Gasteiger partial charge in [-0.1, -0.05) is 18.2 Å². The molecule has 0 saturated carbocycles. The van der Waals surface area contributed by atoms with E-state index in [4.69, 9.17) is 0 Å². The van der Waals surface area contributed by atoms with Crippen molar-refractivity contribution in [2.24, 2.45) is 0 Å². The van der Waals surface area contributed by atoms with Gasteiger partial charge in [-0.3, -0.25) is 4.79 Å². The number of aromatic nitrogens is 2. The van der Waals surface area contributed by atoms with Crippen molar-refractivity contribution in [3.63, 3.8) is 0 Å². The predicted molar refractivity (Wildman–Crippen MR) is 79.5 cm³/mol. The summed E-state index contributed by atoms with van der Waals surface area (Å²) in [7, 11) is 0. The van der Waals surface area contributed by atoms with Crippen LogP contribution in [0.2, 0.25) is 0 Å². The summed E-state index contributed by atoms with van der Waals surface area (Å²) < 4.78 is 9.10. The largest absolute Gasteiger partial charge is 0.320 e. The summed E-state index contributed by atoms with van der Waals surface area (Å²) in [6, 6.07) is 12.8. The van der Waals surface area contributed by atoms with E-state index in [0.717, 1.165) is 21.7 Å². The van der Waals surface area contributed by atoms with Crippen molar-refractivity contribution in [3.05, 3.63) is 52.5 Å². The Morgan fingerprint density at radius 1 is 1.11 bits per heavy atom. The minimum atomic E-state index is -0.173. The number of benzene rings is 2. The molecule has 1 N–H and O–H groups in total. The highest BCUT2D eigenvalue weighted by Gasteiger charge is 2.12. The van der Waals surface area contributed by atoms with E-state index >= 15 is 0 Å². The van der Waals surface area contributed by atoms with E-state index < -0.39 is 0 Å². The van der Waals surface area contributed by atoms with Gasteiger partial charge in [-0.25, -0.2) is 0 Å². The molecule has 19 heavy (non-hydrogen) atoms. The quantitative estimate of drug-likeness (QED) is 0.777. The Balaban J connectivity index is 1.95. The maximum Gasteiger partial charge on any atom is 0.256 e. The molecule has 3 rings (SSSR count). The molecular formula is C13H8BrN3OS. The first kappa shape index (κ1) is 12.3. The Morgan fingerprint density at radius 2 is 1.95 bits per heavy atom. The van der Waals surface area contributed by atoms with Gasteiger partial charge >= 0.3 is 0 Å². The molecule has 0 aliphatic carbocycles. The monoisotopic (exact) mass is 333 g/mol. The second-order valence-electron chi connectivity index (χ2n) is 3.87. The molecule has 0 bridgehead atoms. The van der Waals surface area contributed by atoms with E-state index in [9.17, 15) is 4.79 Å². The van der Waals surface area contributed by atoms with Crippen LogP contribution in [-0.2, 0) is 0 Å². The molecule has 0 spiro atoms. The van der Waals surface area contributed by atoms with Crippen LogP contribution < -0.4 is 5.32 Å². The van der Waals surface area contributed by atoms with Crippen LogP contribution in [0.25, 0.3) is 11.0 Å². The van der Waals surface area contributed by atoms with E-state index in [2.05, 4.69) is 30.0 Å². The third-order valence-corrected chi connectivity index (χ3v) is 3.89. The van der Waals surface area contributed by atoms with E-state index in [-0.39, 0.29) is 5.91 Å². The molecule has 4 nitrogen and oxygen atoms in total. The SMILES string of the molecule is O=C(Nc1cccc2nsnc12)c1ccccc1Br. The first-order valence-electron chi connectivity index (χ1n) is 5.53. The van der Waals surface area contributed by atoms with Gasteiger partial charge in [0.15, 0.2) is 0 Å². The van der Waals surface area contributed by atoms with Crippen molar-refractivity contribution in [2.45, 2.75) is 0 Å². The van der Waals surface area contributed by atoms with Crippen LogP contribution in [0.3, 0.4) is 0 Å². The van der Waals surface area contributed by atoms with Crippen LogP contribution in [-0.4, -0.2) is 14.7 Å². The average molecular weight is 334 g/mol. The highest BCUT2D eigenvalue weighted by atomic mass is 79.9. The van der Waals surface area contributed by atoms with Crippen molar-refractivity contribution >= 4 is 50.3 Å². The summed E-state index contributed by atoms with van der Waals surface area (Å²) in [5.41, 5.74) is 2.76. The van der Waals surface area contributed by atoms with E-state index in [1.807, 2.05) is 36.4 Å². The van der Waals surface area contributed by atoms with Crippen LogP contribution in [0.5, 0.6) is 0 Å². The summed E-state index contributed by atoms with van der Waals surface area (Å²) >= 11 is 4.50. The minimum absolute atomic E-state index is 0.173. The number of carbonyl (C=O) groups excluding carboxylic acids is 1. The lowest BCUT2D eigenvalue weighted by atomic mass is 10.2. The van der Waals surface area contributed by atoms with Crippen molar-refractivity contribution in [1.29, 1.82) is 0 Å². The summed E-state index contributed by atoms with van der Waals surface area (Å²) in [6.07, 6.45) is 0. The highest BCUT2D eigenvalue weighted by molar-refractivity contribution is 9.10. The van der Waals surface area contributed by atoms with Crippen LogP contribution in [0, 0.1) is 0 Å². The summed E-state index contributed by atoms with van der Waals surface area (Å²) in [5, 5.41) is 2.86. The zero-order valence-electron chi connectivity index (χ0n) is 9.63. The summed E-state index contributed by atoms with van der Waals surface area (Å²) in [6.45, 7) is 0. The molecule has 0 saturated heterocycles. The van der Waals surface area contributed by atoms with E-state index in [1.54, 1.807) is 6.07 Å². The van der Waals surface area contributed by atoms with Gasteiger partial charge in [0.1, 0.15) is 11.0 Å². The molecule has 6 heteroatoms.